The molecule has 7 heteroatoms. The van der Waals surface area contributed by atoms with Crippen LogP contribution in [0.25, 0.3) is 0 Å². The molecular formula is C15H21NO6. The number of carboxylic acid groups (broad SMARTS) is 1. The maximum absolute atomic E-state index is 11.7. The van der Waals surface area contributed by atoms with E-state index in [-0.39, 0.29) is 19.8 Å². The Morgan fingerprint density at radius 1 is 1.23 bits per heavy atom. The third-order valence-electron chi connectivity index (χ3n) is 2.79. The van der Waals surface area contributed by atoms with Crippen LogP contribution in [0, 0.1) is 0 Å². The number of carboxylic acids is 1. The number of hydrogen-bond donors (Lipinski definition) is 2. The number of para-hydroxylation sites is 1. The van der Waals surface area contributed by atoms with Gasteiger partial charge in [0, 0.05) is 7.11 Å². The third kappa shape index (κ3) is 6.11. The molecule has 0 heterocycles. The highest BCUT2D eigenvalue weighted by Crippen LogP contribution is 2.07. The molecule has 22 heavy (non-hydrogen) atoms. The minimum absolute atomic E-state index is 0.134. The van der Waals surface area contributed by atoms with Gasteiger partial charge in [-0.05, 0) is 19.1 Å². The maximum atomic E-state index is 11.7. The second-order valence-electron chi connectivity index (χ2n) is 4.83. The van der Waals surface area contributed by atoms with Crippen LogP contribution in [-0.2, 0) is 19.1 Å². The molecule has 0 aliphatic carbocycles. The lowest BCUT2D eigenvalue weighted by Gasteiger charge is -2.25. The first-order valence-corrected chi connectivity index (χ1v) is 6.77. The predicted octanol–water partition coefficient (Wildman–Crippen LogP) is 0.688. The Kier molecular flexibility index (Phi) is 7.34. The summed E-state index contributed by atoms with van der Waals surface area (Å²) in [7, 11) is 1.37. The first-order chi connectivity index (χ1) is 10.5. The van der Waals surface area contributed by atoms with Crippen LogP contribution < -0.4 is 10.1 Å². The summed E-state index contributed by atoms with van der Waals surface area (Å²) in [4.78, 5) is 22.8. The highest BCUT2D eigenvalue weighted by atomic mass is 16.5. The Balaban J connectivity index is 2.24. The molecule has 0 aromatic heterocycles. The van der Waals surface area contributed by atoms with E-state index in [4.69, 9.17) is 19.3 Å². The summed E-state index contributed by atoms with van der Waals surface area (Å²) >= 11 is 0. The Hall–Kier alpha value is -2.12. The Labute approximate surface area is 129 Å². The highest BCUT2D eigenvalue weighted by Gasteiger charge is 2.34. The minimum atomic E-state index is -1.48. The quantitative estimate of drug-likeness (QED) is 0.617. The summed E-state index contributed by atoms with van der Waals surface area (Å²) in [5.41, 5.74) is -1.48. The van der Waals surface area contributed by atoms with E-state index in [1.807, 2.05) is 30.3 Å². The normalized spacial score (nSPS) is 13.2. The number of benzene rings is 1. The fourth-order valence-electron chi connectivity index (χ4n) is 1.68. The average Bonchev–Trinajstić information content (AvgIpc) is 2.48. The molecule has 0 radical (unpaired) electrons. The molecule has 0 saturated heterocycles. The van der Waals surface area contributed by atoms with Crippen molar-refractivity contribution in [3.63, 3.8) is 0 Å². The number of aliphatic carboxylic acids is 1. The van der Waals surface area contributed by atoms with Crippen LogP contribution in [0.15, 0.2) is 30.3 Å². The van der Waals surface area contributed by atoms with E-state index in [1.54, 1.807) is 0 Å². The van der Waals surface area contributed by atoms with Crippen LogP contribution in [-0.4, -0.2) is 56.1 Å². The third-order valence-corrected chi connectivity index (χ3v) is 2.79. The molecule has 7 nitrogen and oxygen atoms in total. The predicted molar refractivity (Wildman–Crippen MR) is 78.8 cm³/mol. The lowest BCUT2D eigenvalue weighted by Crippen LogP contribution is -2.56. The summed E-state index contributed by atoms with van der Waals surface area (Å²) in [6.45, 7) is 1.51. The number of carbonyl (C=O) groups is 2. The lowest BCUT2D eigenvalue weighted by atomic mass is 10.0. The SMILES string of the molecule is COCC(C)(NC(=O)COCCOc1ccccc1)C(=O)O. The van der Waals surface area contributed by atoms with Gasteiger partial charge in [-0.1, -0.05) is 18.2 Å². The number of methoxy groups -OCH3 is 1. The standard InChI is InChI=1S/C15H21NO6/c1-15(11-20-2,14(18)19)16-13(17)10-21-8-9-22-12-6-4-3-5-7-12/h3-7H,8-11H2,1-2H3,(H,16,17)(H,18,19). The van der Waals surface area contributed by atoms with Crippen LogP contribution in [0.2, 0.25) is 0 Å². The average molecular weight is 311 g/mol. The van der Waals surface area contributed by atoms with Crippen molar-refractivity contribution in [2.24, 2.45) is 0 Å². The van der Waals surface area contributed by atoms with E-state index in [0.717, 1.165) is 0 Å². The van der Waals surface area contributed by atoms with Crippen molar-refractivity contribution in [1.29, 1.82) is 0 Å². The fraction of sp³-hybridized carbons (Fsp3) is 0.467. The molecule has 1 amide bonds. The summed E-state index contributed by atoms with van der Waals surface area (Å²) in [6, 6.07) is 9.22. The molecule has 0 aliphatic rings. The lowest BCUT2D eigenvalue weighted by molar-refractivity contribution is -0.150. The van der Waals surface area contributed by atoms with Crippen molar-refractivity contribution in [3.8, 4) is 5.75 Å². The van der Waals surface area contributed by atoms with Crippen LogP contribution >= 0.6 is 0 Å². The molecule has 1 atom stereocenters. The van der Waals surface area contributed by atoms with Crippen molar-refractivity contribution in [2.45, 2.75) is 12.5 Å². The monoisotopic (exact) mass is 311 g/mol. The van der Waals surface area contributed by atoms with Crippen LogP contribution in [0.3, 0.4) is 0 Å². The van der Waals surface area contributed by atoms with Gasteiger partial charge in [-0.3, -0.25) is 4.79 Å². The van der Waals surface area contributed by atoms with E-state index in [1.165, 1.54) is 14.0 Å². The van der Waals surface area contributed by atoms with Gasteiger partial charge in [0.15, 0.2) is 5.54 Å². The Bertz CT molecular complexity index is 478. The van der Waals surface area contributed by atoms with Gasteiger partial charge in [0.1, 0.15) is 19.0 Å². The number of ether oxygens (including phenoxy) is 3. The number of carbonyl (C=O) groups excluding carboxylic acids is 1. The molecule has 0 fully saturated rings. The molecule has 1 aromatic rings. The zero-order chi connectivity index (χ0) is 16.4. The molecule has 0 aliphatic heterocycles. The van der Waals surface area contributed by atoms with Gasteiger partial charge < -0.3 is 24.6 Å². The summed E-state index contributed by atoms with van der Waals surface area (Å²) in [5, 5.41) is 11.5. The number of amides is 1. The van der Waals surface area contributed by atoms with Gasteiger partial charge in [-0.2, -0.15) is 0 Å². The zero-order valence-electron chi connectivity index (χ0n) is 12.7. The van der Waals surface area contributed by atoms with Crippen molar-refractivity contribution in [2.75, 3.05) is 33.5 Å². The fourth-order valence-corrected chi connectivity index (χ4v) is 1.68. The van der Waals surface area contributed by atoms with Crippen LogP contribution in [0.4, 0.5) is 0 Å². The highest BCUT2D eigenvalue weighted by molar-refractivity contribution is 5.87. The molecule has 0 spiro atoms. The van der Waals surface area contributed by atoms with Crippen LogP contribution in [0.1, 0.15) is 6.92 Å². The van der Waals surface area contributed by atoms with E-state index in [2.05, 4.69) is 5.32 Å². The van der Waals surface area contributed by atoms with E-state index in [0.29, 0.717) is 12.4 Å². The van der Waals surface area contributed by atoms with Gasteiger partial charge in [0.05, 0.1) is 13.2 Å². The molecule has 0 bridgehead atoms. The largest absolute Gasteiger partial charge is 0.491 e. The van der Waals surface area contributed by atoms with Gasteiger partial charge in [-0.25, -0.2) is 4.79 Å². The molecular weight excluding hydrogens is 290 g/mol. The van der Waals surface area contributed by atoms with Gasteiger partial charge >= 0.3 is 5.97 Å². The summed E-state index contributed by atoms with van der Waals surface area (Å²) in [6.07, 6.45) is 0. The molecule has 122 valence electrons. The van der Waals surface area contributed by atoms with Crippen molar-refractivity contribution < 1.29 is 28.9 Å². The van der Waals surface area contributed by atoms with Crippen molar-refractivity contribution >= 4 is 11.9 Å². The molecule has 1 unspecified atom stereocenters. The molecule has 0 saturated carbocycles. The summed E-state index contributed by atoms with van der Waals surface area (Å²) in [5.74, 6) is -0.981. The molecule has 1 rings (SSSR count). The van der Waals surface area contributed by atoms with Crippen LogP contribution in [0.5, 0.6) is 5.75 Å². The van der Waals surface area contributed by atoms with E-state index >= 15 is 0 Å². The van der Waals surface area contributed by atoms with E-state index in [9.17, 15) is 9.59 Å². The zero-order valence-corrected chi connectivity index (χ0v) is 12.7. The Morgan fingerprint density at radius 2 is 1.91 bits per heavy atom. The second-order valence-corrected chi connectivity index (χ2v) is 4.83. The Morgan fingerprint density at radius 3 is 2.50 bits per heavy atom. The first-order valence-electron chi connectivity index (χ1n) is 6.77. The van der Waals surface area contributed by atoms with Crippen molar-refractivity contribution in [3.05, 3.63) is 30.3 Å². The number of nitrogens with one attached hydrogen (secondary N) is 1. The first kappa shape index (κ1) is 17.9. The van der Waals surface area contributed by atoms with Gasteiger partial charge in [-0.15, -0.1) is 0 Å². The van der Waals surface area contributed by atoms with Gasteiger partial charge in [0.25, 0.3) is 0 Å². The smallest absolute Gasteiger partial charge is 0.331 e. The second kappa shape index (κ2) is 9.01. The summed E-state index contributed by atoms with van der Waals surface area (Å²) < 4.78 is 15.3. The minimum Gasteiger partial charge on any atom is -0.491 e. The molecule has 1 aromatic carbocycles. The molecule has 2 N–H and O–H groups in total. The number of hydrogen-bond acceptors (Lipinski definition) is 5. The van der Waals surface area contributed by atoms with Gasteiger partial charge in [0.2, 0.25) is 5.91 Å². The van der Waals surface area contributed by atoms with Crippen molar-refractivity contribution in [1.82, 2.24) is 5.32 Å². The number of rotatable bonds is 10. The topological polar surface area (TPSA) is 94.1 Å². The maximum Gasteiger partial charge on any atom is 0.331 e. The van der Waals surface area contributed by atoms with E-state index < -0.39 is 17.4 Å².